The predicted molar refractivity (Wildman–Crippen MR) is 115 cm³/mol. The Balaban J connectivity index is 2.28. The molecule has 27 heavy (non-hydrogen) atoms. The lowest BCUT2D eigenvalue weighted by atomic mass is 10.1. The average molecular weight is 413 g/mol. The molecular weight excluding hydrogens is 380 g/mol. The van der Waals surface area contributed by atoms with Crippen molar-refractivity contribution < 1.29 is 9.59 Å². The number of aromatic nitrogens is 1. The molecule has 1 aromatic heterocycles. The zero-order valence-electron chi connectivity index (χ0n) is 16.4. The maximum Gasteiger partial charge on any atom is 0.271 e. The van der Waals surface area contributed by atoms with Crippen molar-refractivity contribution in [2.24, 2.45) is 17.4 Å². The number of nitrogens with two attached hydrogens (primary N) is 2. The van der Waals surface area contributed by atoms with Crippen LogP contribution in [0.15, 0.2) is 0 Å². The number of nitrogens with one attached hydrogen (secondary N) is 1. The highest BCUT2D eigenvalue weighted by Gasteiger charge is 2.19. The Labute approximate surface area is 171 Å². The van der Waals surface area contributed by atoms with Crippen molar-refractivity contribution in [1.29, 1.82) is 0 Å². The molecule has 0 aromatic carbocycles. The summed E-state index contributed by atoms with van der Waals surface area (Å²) in [6.45, 7) is 4.85. The van der Waals surface area contributed by atoms with E-state index in [0.29, 0.717) is 29.6 Å². The third-order valence-corrected chi connectivity index (χ3v) is 5.54. The molecule has 0 fully saturated rings. The van der Waals surface area contributed by atoms with E-state index in [1.54, 1.807) is 0 Å². The van der Waals surface area contributed by atoms with E-state index in [1.807, 2.05) is 0 Å². The van der Waals surface area contributed by atoms with Gasteiger partial charge < -0.3 is 16.8 Å². The Morgan fingerprint density at radius 2 is 1.67 bits per heavy atom. The number of carbonyl (C=O) groups is 2. The molecule has 0 unspecified atom stereocenters. The summed E-state index contributed by atoms with van der Waals surface area (Å²) in [5.41, 5.74) is 11.2. The zero-order chi connectivity index (χ0) is 20.2. The lowest BCUT2D eigenvalue weighted by Gasteiger charge is -2.07. The van der Waals surface area contributed by atoms with Crippen molar-refractivity contribution in [3.8, 4) is 0 Å². The third-order valence-electron chi connectivity index (χ3n) is 4.10. The number of thiazole rings is 1. The van der Waals surface area contributed by atoms with E-state index < -0.39 is 0 Å². The molecule has 5 N–H and O–H groups in total. The van der Waals surface area contributed by atoms with Crippen molar-refractivity contribution in [2.45, 2.75) is 71.6 Å². The zero-order valence-corrected chi connectivity index (χ0v) is 18.0. The quantitative estimate of drug-likeness (QED) is 0.321. The van der Waals surface area contributed by atoms with E-state index in [1.165, 1.54) is 11.3 Å². The molecule has 1 aromatic rings. The standard InChI is InChI=1S/C19H32N4O2S2/c1-13(2)12-14-16(23-19(27-14)17(21)26)18(25)22-11-9-7-5-3-4-6-8-10-15(20)24/h13H,3-12H2,1-2H3,(H2,20,24)(H2,21,26)(H,22,25). The van der Waals surface area contributed by atoms with Gasteiger partial charge in [0.1, 0.15) is 10.7 Å². The summed E-state index contributed by atoms with van der Waals surface area (Å²) in [5.74, 6) is 0.0674. The molecule has 0 radical (unpaired) electrons. The number of rotatable bonds is 14. The number of primary amides is 1. The van der Waals surface area contributed by atoms with E-state index in [0.717, 1.165) is 56.2 Å². The molecule has 0 saturated heterocycles. The normalized spacial score (nSPS) is 10.9. The minimum Gasteiger partial charge on any atom is -0.387 e. The van der Waals surface area contributed by atoms with Crippen molar-refractivity contribution in [3.05, 3.63) is 15.6 Å². The number of hydrogen-bond donors (Lipinski definition) is 3. The lowest BCUT2D eigenvalue weighted by molar-refractivity contribution is -0.118. The first kappa shape index (κ1) is 23.5. The fourth-order valence-corrected chi connectivity index (χ4v) is 4.03. The molecule has 0 aliphatic rings. The second kappa shape index (κ2) is 12.8. The monoisotopic (exact) mass is 412 g/mol. The number of nitrogens with zero attached hydrogens (tertiary/aromatic N) is 1. The first-order valence-electron chi connectivity index (χ1n) is 9.67. The van der Waals surface area contributed by atoms with Gasteiger partial charge in [-0.3, -0.25) is 9.59 Å². The van der Waals surface area contributed by atoms with Gasteiger partial charge in [0.05, 0.1) is 0 Å². The summed E-state index contributed by atoms with van der Waals surface area (Å²) in [4.78, 5) is 28.6. The minimum absolute atomic E-state index is 0.143. The van der Waals surface area contributed by atoms with E-state index in [9.17, 15) is 9.59 Å². The van der Waals surface area contributed by atoms with Crippen molar-refractivity contribution in [3.63, 3.8) is 0 Å². The van der Waals surface area contributed by atoms with Crippen molar-refractivity contribution in [2.75, 3.05) is 6.54 Å². The van der Waals surface area contributed by atoms with Crippen LogP contribution in [0.2, 0.25) is 0 Å². The van der Waals surface area contributed by atoms with Crippen LogP contribution in [0.25, 0.3) is 0 Å². The minimum atomic E-state index is -0.220. The third kappa shape index (κ3) is 9.81. The topological polar surface area (TPSA) is 111 Å². The Morgan fingerprint density at radius 3 is 2.22 bits per heavy atom. The first-order valence-corrected chi connectivity index (χ1v) is 10.9. The van der Waals surface area contributed by atoms with Crippen LogP contribution in [0.5, 0.6) is 0 Å². The molecule has 0 atom stereocenters. The smallest absolute Gasteiger partial charge is 0.271 e. The van der Waals surface area contributed by atoms with Crippen LogP contribution in [0.1, 0.15) is 85.6 Å². The van der Waals surface area contributed by atoms with E-state index in [4.69, 9.17) is 23.7 Å². The Bertz CT molecular complexity index is 629. The van der Waals surface area contributed by atoms with Crippen LogP contribution in [0, 0.1) is 5.92 Å². The number of unbranched alkanes of at least 4 members (excludes halogenated alkanes) is 6. The number of carbonyl (C=O) groups excluding carboxylic acids is 2. The highest BCUT2D eigenvalue weighted by molar-refractivity contribution is 7.81. The van der Waals surface area contributed by atoms with Gasteiger partial charge in [0.25, 0.3) is 5.91 Å². The number of hydrogen-bond acceptors (Lipinski definition) is 5. The summed E-state index contributed by atoms with van der Waals surface area (Å²) >= 11 is 6.41. The maximum atomic E-state index is 12.5. The molecular formula is C19H32N4O2S2. The molecule has 1 rings (SSSR count). The van der Waals surface area contributed by atoms with Gasteiger partial charge in [0.2, 0.25) is 5.91 Å². The Morgan fingerprint density at radius 1 is 1.07 bits per heavy atom. The second-order valence-electron chi connectivity index (χ2n) is 7.20. The molecule has 0 aliphatic heterocycles. The largest absolute Gasteiger partial charge is 0.387 e. The molecule has 6 nitrogen and oxygen atoms in total. The van der Waals surface area contributed by atoms with Gasteiger partial charge in [0.15, 0.2) is 5.01 Å². The number of amides is 2. The van der Waals surface area contributed by atoms with Gasteiger partial charge in [-0.2, -0.15) is 0 Å². The highest BCUT2D eigenvalue weighted by Crippen LogP contribution is 2.22. The van der Waals surface area contributed by atoms with Gasteiger partial charge in [-0.1, -0.05) is 58.2 Å². The SMILES string of the molecule is CC(C)Cc1sc(C(N)=S)nc1C(=O)NCCCCCCCCCC(N)=O. The van der Waals surface area contributed by atoms with Crippen LogP contribution in [0.3, 0.4) is 0 Å². The van der Waals surface area contributed by atoms with Gasteiger partial charge >= 0.3 is 0 Å². The summed E-state index contributed by atoms with van der Waals surface area (Å²) in [6.07, 6.45) is 8.63. The summed E-state index contributed by atoms with van der Waals surface area (Å²) in [5, 5.41) is 3.52. The Kier molecular flexibility index (Phi) is 11.1. The predicted octanol–water partition coefficient (Wildman–Crippen LogP) is 3.31. The molecule has 0 spiro atoms. The summed E-state index contributed by atoms with van der Waals surface area (Å²) in [7, 11) is 0. The van der Waals surface area contributed by atoms with E-state index >= 15 is 0 Å². The summed E-state index contributed by atoms with van der Waals surface area (Å²) in [6, 6.07) is 0. The van der Waals surface area contributed by atoms with Gasteiger partial charge in [0, 0.05) is 17.8 Å². The van der Waals surface area contributed by atoms with E-state index in [-0.39, 0.29) is 16.8 Å². The fourth-order valence-electron chi connectivity index (χ4n) is 2.74. The summed E-state index contributed by atoms with van der Waals surface area (Å²) < 4.78 is 0. The maximum absolute atomic E-state index is 12.5. The molecule has 152 valence electrons. The molecule has 8 heteroatoms. The highest BCUT2D eigenvalue weighted by atomic mass is 32.1. The van der Waals surface area contributed by atoms with Crippen LogP contribution >= 0.6 is 23.6 Å². The van der Waals surface area contributed by atoms with Crippen LogP contribution in [0.4, 0.5) is 0 Å². The second-order valence-corrected chi connectivity index (χ2v) is 8.72. The first-order chi connectivity index (χ1) is 12.8. The van der Waals surface area contributed by atoms with Crippen LogP contribution < -0.4 is 16.8 Å². The molecule has 1 heterocycles. The average Bonchev–Trinajstić information content (AvgIpc) is 2.99. The van der Waals surface area contributed by atoms with Crippen LogP contribution in [-0.2, 0) is 11.2 Å². The molecule has 0 bridgehead atoms. The number of thiocarbonyl (C=S) groups is 1. The lowest BCUT2D eigenvalue weighted by Crippen LogP contribution is -2.26. The Hall–Kier alpha value is -1.54. The molecule has 2 amide bonds. The van der Waals surface area contributed by atoms with Gasteiger partial charge in [-0.15, -0.1) is 11.3 Å². The van der Waals surface area contributed by atoms with Crippen LogP contribution in [-0.4, -0.2) is 28.3 Å². The molecule has 0 saturated carbocycles. The van der Waals surface area contributed by atoms with Crippen molar-refractivity contribution in [1.82, 2.24) is 10.3 Å². The van der Waals surface area contributed by atoms with Gasteiger partial charge in [-0.25, -0.2) is 4.98 Å². The molecule has 0 aliphatic carbocycles. The van der Waals surface area contributed by atoms with E-state index in [2.05, 4.69) is 24.1 Å². The van der Waals surface area contributed by atoms with Gasteiger partial charge in [-0.05, 0) is 25.2 Å². The fraction of sp³-hybridized carbons (Fsp3) is 0.684. The van der Waals surface area contributed by atoms with Crippen molar-refractivity contribution >= 4 is 40.4 Å².